The zero-order valence-corrected chi connectivity index (χ0v) is 13.5. The molecule has 1 aliphatic carbocycles. The van der Waals surface area contributed by atoms with Crippen molar-refractivity contribution in [1.29, 1.82) is 5.26 Å². The van der Waals surface area contributed by atoms with Crippen molar-refractivity contribution >= 4 is 21.4 Å². The standard InChI is InChI=1S/C17H14ClNO2S/c1-11-2-8-14(9-3-11)22(20,21)17-15(10-19)16(17)12-4-6-13(18)7-5-12/h2-9,15-17H,1H3/t15-,16+,17+/m1/s1. The number of nitriles is 1. The first-order valence-corrected chi connectivity index (χ1v) is 8.83. The fourth-order valence-electron chi connectivity index (χ4n) is 2.79. The molecule has 22 heavy (non-hydrogen) atoms. The first-order chi connectivity index (χ1) is 10.4. The summed E-state index contributed by atoms with van der Waals surface area (Å²) in [4.78, 5) is 0.278. The average Bonchev–Trinajstić information content (AvgIpc) is 3.24. The number of sulfone groups is 1. The number of hydrogen-bond acceptors (Lipinski definition) is 3. The van der Waals surface area contributed by atoms with Crippen LogP contribution in [0.1, 0.15) is 17.0 Å². The fraction of sp³-hybridized carbons (Fsp3) is 0.235. The van der Waals surface area contributed by atoms with Gasteiger partial charge in [-0.3, -0.25) is 0 Å². The highest BCUT2D eigenvalue weighted by Gasteiger charge is 2.59. The minimum atomic E-state index is -3.51. The van der Waals surface area contributed by atoms with Gasteiger partial charge in [-0.1, -0.05) is 41.4 Å². The predicted octanol–water partition coefficient (Wildman–Crippen LogP) is 3.73. The SMILES string of the molecule is Cc1ccc(S(=O)(=O)[C@H]2[C@H](C#N)[C@@H]2c2ccc(Cl)cc2)cc1. The number of aryl methyl sites for hydroxylation is 1. The number of halogens is 1. The summed E-state index contributed by atoms with van der Waals surface area (Å²) < 4.78 is 25.5. The van der Waals surface area contributed by atoms with E-state index in [1.807, 2.05) is 6.92 Å². The molecule has 0 N–H and O–H groups in total. The lowest BCUT2D eigenvalue weighted by Crippen LogP contribution is -2.10. The molecule has 112 valence electrons. The van der Waals surface area contributed by atoms with Crippen molar-refractivity contribution in [2.75, 3.05) is 0 Å². The molecule has 0 heterocycles. The molecule has 0 bridgehead atoms. The van der Waals surface area contributed by atoms with Crippen molar-refractivity contribution < 1.29 is 8.42 Å². The molecule has 0 aliphatic heterocycles. The second-order valence-electron chi connectivity index (χ2n) is 5.55. The summed E-state index contributed by atoms with van der Waals surface area (Å²) in [6.45, 7) is 1.90. The van der Waals surface area contributed by atoms with E-state index in [0.29, 0.717) is 5.02 Å². The van der Waals surface area contributed by atoms with Gasteiger partial charge < -0.3 is 0 Å². The Kier molecular flexibility index (Phi) is 3.72. The second kappa shape index (κ2) is 5.42. The van der Waals surface area contributed by atoms with Crippen LogP contribution < -0.4 is 0 Å². The van der Waals surface area contributed by atoms with Crippen molar-refractivity contribution in [1.82, 2.24) is 0 Å². The molecule has 1 aliphatic rings. The number of nitrogens with zero attached hydrogens (tertiary/aromatic N) is 1. The Morgan fingerprint density at radius 3 is 2.18 bits per heavy atom. The summed E-state index contributed by atoms with van der Waals surface area (Å²) in [6, 6.07) is 15.9. The van der Waals surface area contributed by atoms with E-state index in [-0.39, 0.29) is 10.8 Å². The van der Waals surface area contributed by atoms with Crippen molar-refractivity contribution in [2.24, 2.45) is 5.92 Å². The Hall–Kier alpha value is -1.83. The largest absolute Gasteiger partial charge is 0.223 e. The van der Waals surface area contributed by atoms with E-state index in [1.54, 1.807) is 48.5 Å². The Bertz CT molecular complexity index is 836. The highest BCUT2D eigenvalue weighted by molar-refractivity contribution is 7.92. The summed E-state index contributed by atoms with van der Waals surface area (Å²) in [5.41, 5.74) is 1.84. The van der Waals surface area contributed by atoms with Gasteiger partial charge in [0.1, 0.15) is 0 Å². The normalized spacial score (nSPS) is 23.8. The Labute approximate surface area is 135 Å². The Balaban J connectivity index is 1.95. The molecule has 1 fully saturated rings. The third kappa shape index (κ3) is 2.51. The first-order valence-electron chi connectivity index (χ1n) is 6.91. The van der Waals surface area contributed by atoms with Gasteiger partial charge in [0.2, 0.25) is 0 Å². The number of hydrogen-bond donors (Lipinski definition) is 0. The van der Waals surface area contributed by atoms with E-state index in [9.17, 15) is 13.7 Å². The van der Waals surface area contributed by atoms with E-state index < -0.39 is 21.0 Å². The second-order valence-corrected chi connectivity index (χ2v) is 8.10. The molecule has 0 radical (unpaired) electrons. The topological polar surface area (TPSA) is 57.9 Å². The van der Waals surface area contributed by atoms with Gasteiger partial charge in [-0.05, 0) is 36.8 Å². The first kappa shape index (κ1) is 15.1. The van der Waals surface area contributed by atoms with E-state index in [0.717, 1.165) is 11.1 Å². The van der Waals surface area contributed by atoms with Gasteiger partial charge in [0.05, 0.1) is 22.1 Å². The molecule has 0 unspecified atom stereocenters. The summed E-state index contributed by atoms with van der Waals surface area (Å²) in [5.74, 6) is -0.791. The van der Waals surface area contributed by atoms with Gasteiger partial charge in [0.15, 0.2) is 9.84 Å². The molecular formula is C17H14ClNO2S. The van der Waals surface area contributed by atoms with Gasteiger partial charge in [-0.15, -0.1) is 0 Å². The number of benzene rings is 2. The zero-order valence-electron chi connectivity index (χ0n) is 11.9. The minimum absolute atomic E-state index is 0.278. The van der Waals surface area contributed by atoms with E-state index >= 15 is 0 Å². The highest BCUT2D eigenvalue weighted by atomic mass is 35.5. The molecule has 2 aromatic rings. The quantitative estimate of drug-likeness (QED) is 0.861. The summed E-state index contributed by atoms with van der Waals surface area (Å²) >= 11 is 5.86. The molecule has 0 saturated heterocycles. The smallest absolute Gasteiger partial charge is 0.183 e. The Morgan fingerprint density at radius 1 is 1.05 bits per heavy atom. The lowest BCUT2D eigenvalue weighted by atomic mass is 10.1. The Morgan fingerprint density at radius 2 is 1.64 bits per heavy atom. The fourth-order valence-corrected chi connectivity index (χ4v) is 4.98. The molecular weight excluding hydrogens is 318 g/mol. The summed E-state index contributed by atoms with van der Waals surface area (Å²) in [5, 5.41) is 9.19. The van der Waals surface area contributed by atoms with Crippen molar-refractivity contribution in [3.63, 3.8) is 0 Å². The van der Waals surface area contributed by atoms with Crippen molar-refractivity contribution in [3.8, 4) is 6.07 Å². The molecule has 0 amide bonds. The van der Waals surface area contributed by atoms with Crippen LogP contribution in [-0.4, -0.2) is 13.7 Å². The third-order valence-electron chi connectivity index (χ3n) is 4.07. The van der Waals surface area contributed by atoms with E-state index in [1.165, 1.54) is 0 Å². The maximum absolute atomic E-state index is 12.7. The maximum Gasteiger partial charge on any atom is 0.183 e. The van der Waals surface area contributed by atoms with Crippen LogP contribution in [0.25, 0.3) is 0 Å². The van der Waals surface area contributed by atoms with Crippen LogP contribution in [0, 0.1) is 24.2 Å². The molecule has 3 atom stereocenters. The summed E-state index contributed by atoms with van der Waals surface area (Å²) in [7, 11) is -3.51. The molecule has 1 saturated carbocycles. The van der Waals surface area contributed by atoms with E-state index in [2.05, 4.69) is 6.07 Å². The maximum atomic E-state index is 12.7. The summed E-state index contributed by atoms with van der Waals surface area (Å²) in [6.07, 6.45) is 0. The van der Waals surface area contributed by atoms with Gasteiger partial charge in [0.25, 0.3) is 0 Å². The van der Waals surface area contributed by atoms with Gasteiger partial charge in [-0.25, -0.2) is 8.42 Å². The highest BCUT2D eigenvalue weighted by Crippen LogP contribution is 2.53. The monoisotopic (exact) mass is 331 g/mol. The van der Waals surface area contributed by atoms with Gasteiger partial charge >= 0.3 is 0 Å². The van der Waals surface area contributed by atoms with Crippen LogP contribution in [0.3, 0.4) is 0 Å². The van der Waals surface area contributed by atoms with E-state index in [4.69, 9.17) is 11.6 Å². The van der Waals surface area contributed by atoms with Crippen molar-refractivity contribution in [3.05, 3.63) is 64.7 Å². The van der Waals surface area contributed by atoms with Crippen LogP contribution in [0.2, 0.25) is 5.02 Å². The van der Waals surface area contributed by atoms with Crippen molar-refractivity contribution in [2.45, 2.75) is 23.0 Å². The molecule has 3 nitrogen and oxygen atoms in total. The van der Waals surface area contributed by atoms with Crippen LogP contribution >= 0.6 is 11.6 Å². The average molecular weight is 332 g/mol. The number of rotatable bonds is 3. The third-order valence-corrected chi connectivity index (χ3v) is 6.55. The predicted molar refractivity (Wildman–Crippen MR) is 85.4 cm³/mol. The van der Waals surface area contributed by atoms with Gasteiger partial charge in [0, 0.05) is 10.9 Å². The lowest BCUT2D eigenvalue weighted by Gasteiger charge is -2.04. The molecule has 3 rings (SSSR count). The van der Waals surface area contributed by atoms with Crippen LogP contribution in [0.15, 0.2) is 53.4 Å². The lowest BCUT2D eigenvalue weighted by molar-refractivity contribution is 0.593. The van der Waals surface area contributed by atoms with Gasteiger partial charge in [-0.2, -0.15) is 5.26 Å². The molecule has 2 aromatic carbocycles. The zero-order chi connectivity index (χ0) is 15.9. The van der Waals surface area contributed by atoms with Crippen LogP contribution in [0.4, 0.5) is 0 Å². The molecule has 0 spiro atoms. The minimum Gasteiger partial charge on any atom is -0.223 e. The molecule has 5 heteroatoms. The van der Waals surface area contributed by atoms with Crippen LogP contribution in [0.5, 0.6) is 0 Å². The molecule has 0 aromatic heterocycles. The van der Waals surface area contributed by atoms with Crippen LogP contribution in [-0.2, 0) is 9.84 Å².